The number of aromatic nitrogens is 2. The van der Waals surface area contributed by atoms with E-state index >= 15 is 0 Å². The number of halogens is 4. The molecule has 1 heterocycles. The molecule has 0 aliphatic heterocycles. The Labute approximate surface area is 118 Å². The van der Waals surface area contributed by atoms with Gasteiger partial charge in [-0.2, -0.15) is 13.2 Å². The Morgan fingerprint density at radius 2 is 1.85 bits per heavy atom. The number of anilines is 3. The lowest BCUT2D eigenvalue weighted by Gasteiger charge is -2.12. The van der Waals surface area contributed by atoms with Gasteiger partial charge in [-0.25, -0.2) is 4.98 Å². The van der Waals surface area contributed by atoms with Gasteiger partial charge in [-0.05, 0) is 18.2 Å². The van der Waals surface area contributed by atoms with Crippen LogP contribution in [0.15, 0.2) is 30.6 Å². The normalized spacial score (nSPS) is 11.2. The van der Waals surface area contributed by atoms with Crippen LogP contribution in [-0.2, 0) is 6.18 Å². The largest absolute Gasteiger partial charge is 0.416 e. The van der Waals surface area contributed by atoms with Crippen LogP contribution in [0.3, 0.4) is 0 Å². The maximum atomic E-state index is 12.6. The Balaban J connectivity index is 2.32. The average Bonchev–Trinajstić information content (AvgIpc) is 2.40. The van der Waals surface area contributed by atoms with Gasteiger partial charge < -0.3 is 10.6 Å². The summed E-state index contributed by atoms with van der Waals surface area (Å²) in [6, 6.07) is 3.03. The third kappa shape index (κ3) is 3.30. The molecule has 0 aliphatic rings. The van der Waals surface area contributed by atoms with Gasteiger partial charge in [-0.1, -0.05) is 11.6 Å². The third-order valence-corrected chi connectivity index (χ3v) is 2.78. The van der Waals surface area contributed by atoms with Crippen LogP contribution >= 0.6 is 11.6 Å². The van der Waals surface area contributed by atoms with E-state index in [2.05, 4.69) is 20.6 Å². The Morgan fingerprint density at radius 3 is 2.50 bits per heavy atom. The fourth-order valence-corrected chi connectivity index (χ4v) is 1.65. The molecule has 0 radical (unpaired) electrons. The van der Waals surface area contributed by atoms with Crippen LogP contribution in [-0.4, -0.2) is 17.0 Å². The standard InChI is InChI=1S/C12H10ClF3N4/c1-17-10-5-18-6-11(20-10)19-9-4-7(12(14,15)16)2-3-8(9)13/h2-6H,1H3,(H2,17,19,20). The number of nitrogens with zero attached hydrogens (tertiary/aromatic N) is 2. The van der Waals surface area contributed by atoms with E-state index in [0.29, 0.717) is 5.82 Å². The second-order valence-electron chi connectivity index (χ2n) is 3.86. The molecular formula is C12H10ClF3N4. The van der Waals surface area contributed by atoms with E-state index in [1.807, 2.05) is 0 Å². The van der Waals surface area contributed by atoms with Gasteiger partial charge in [0.2, 0.25) is 0 Å². The van der Waals surface area contributed by atoms with Crippen molar-refractivity contribution in [3.8, 4) is 0 Å². The molecule has 2 rings (SSSR count). The van der Waals surface area contributed by atoms with E-state index in [4.69, 9.17) is 11.6 Å². The molecule has 1 aromatic carbocycles. The molecule has 0 atom stereocenters. The van der Waals surface area contributed by atoms with Crippen molar-refractivity contribution in [2.24, 2.45) is 0 Å². The molecule has 2 N–H and O–H groups in total. The lowest BCUT2D eigenvalue weighted by molar-refractivity contribution is -0.137. The first kappa shape index (κ1) is 14.4. The number of rotatable bonds is 3. The van der Waals surface area contributed by atoms with Gasteiger partial charge in [0.15, 0.2) is 5.82 Å². The summed E-state index contributed by atoms with van der Waals surface area (Å²) in [5.74, 6) is 0.774. The van der Waals surface area contributed by atoms with E-state index in [1.54, 1.807) is 7.05 Å². The number of hydrogen-bond acceptors (Lipinski definition) is 4. The summed E-state index contributed by atoms with van der Waals surface area (Å²) in [7, 11) is 1.66. The van der Waals surface area contributed by atoms with Crippen LogP contribution in [0.2, 0.25) is 5.02 Å². The molecule has 0 aliphatic carbocycles. The zero-order valence-electron chi connectivity index (χ0n) is 10.3. The third-order valence-electron chi connectivity index (χ3n) is 2.45. The van der Waals surface area contributed by atoms with Crippen LogP contribution in [0.25, 0.3) is 0 Å². The summed E-state index contributed by atoms with van der Waals surface area (Å²) in [4.78, 5) is 7.99. The second kappa shape index (κ2) is 5.54. The lowest BCUT2D eigenvalue weighted by atomic mass is 10.2. The van der Waals surface area contributed by atoms with Crippen molar-refractivity contribution < 1.29 is 13.2 Å². The summed E-state index contributed by atoms with van der Waals surface area (Å²) in [5.41, 5.74) is -0.675. The monoisotopic (exact) mass is 302 g/mol. The minimum Gasteiger partial charge on any atom is -0.372 e. The zero-order valence-corrected chi connectivity index (χ0v) is 11.0. The number of benzene rings is 1. The van der Waals surface area contributed by atoms with Crippen molar-refractivity contribution in [2.45, 2.75) is 6.18 Å². The van der Waals surface area contributed by atoms with E-state index in [9.17, 15) is 13.2 Å². The predicted molar refractivity (Wildman–Crippen MR) is 71.3 cm³/mol. The van der Waals surface area contributed by atoms with Gasteiger partial charge in [0.1, 0.15) is 5.82 Å². The summed E-state index contributed by atoms with van der Waals surface area (Å²) in [6.07, 6.45) is -1.56. The van der Waals surface area contributed by atoms with Gasteiger partial charge in [-0.3, -0.25) is 4.98 Å². The van der Waals surface area contributed by atoms with E-state index in [1.165, 1.54) is 18.5 Å². The number of hydrogen-bond donors (Lipinski definition) is 2. The van der Waals surface area contributed by atoms with Crippen molar-refractivity contribution in [3.63, 3.8) is 0 Å². The molecule has 2 aromatic rings. The van der Waals surface area contributed by atoms with Gasteiger partial charge >= 0.3 is 6.18 Å². The lowest BCUT2D eigenvalue weighted by Crippen LogP contribution is -2.06. The molecule has 0 fully saturated rings. The van der Waals surface area contributed by atoms with Gasteiger partial charge in [-0.15, -0.1) is 0 Å². The van der Waals surface area contributed by atoms with Crippen LogP contribution in [0.1, 0.15) is 5.56 Å². The predicted octanol–water partition coefficient (Wildman–Crippen LogP) is 3.93. The Bertz CT molecular complexity index is 616. The molecular weight excluding hydrogens is 293 g/mol. The van der Waals surface area contributed by atoms with E-state index in [-0.39, 0.29) is 16.5 Å². The fourth-order valence-electron chi connectivity index (χ4n) is 1.48. The SMILES string of the molecule is CNc1cncc(Nc2cc(C(F)(F)F)ccc2Cl)n1. The molecule has 0 unspecified atom stereocenters. The minimum atomic E-state index is -4.43. The molecule has 0 spiro atoms. The van der Waals surface area contributed by atoms with Crippen LogP contribution in [0.4, 0.5) is 30.5 Å². The first-order chi connectivity index (χ1) is 9.40. The summed E-state index contributed by atoms with van der Waals surface area (Å²) in [5, 5.41) is 5.65. The number of alkyl halides is 3. The second-order valence-corrected chi connectivity index (χ2v) is 4.26. The van der Waals surface area contributed by atoms with E-state index in [0.717, 1.165) is 12.1 Å². The summed E-state index contributed by atoms with van der Waals surface area (Å²) < 4.78 is 37.9. The van der Waals surface area contributed by atoms with Gasteiger partial charge in [0.25, 0.3) is 0 Å². The van der Waals surface area contributed by atoms with Crippen molar-refractivity contribution in [3.05, 3.63) is 41.2 Å². The maximum Gasteiger partial charge on any atom is 0.416 e. The quantitative estimate of drug-likeness (QED) is 0.902. The van der Waals surface area contributed by atoms with Crippen molar-refractivity contribution >= 4 is 28.9 Å². The topological polar surface area (TPSA) is 49.8 Å². The minimum absolute atomic E-state index is 0.115. The molecule has 20 heavy (non-hydrogen) atoms. The highest BCUT2D eigenvalue weighted by molar-refractivity contribution is 6.33. The molecule has 4 nitrogen and oxygen atoms in total. The van der Waals surface area contributed by atoms with Crippen molar-refractivity contribution in [1.29, 1.82) is 0 Å². The Morgan fingerprint density at radius 1 is 1.15 bits per heavy atom. The van der Waals surface area contributed by atoms with Crippen LogP contribution < -0.4 is 10.6 Å². The zero-order chi connectivity index (χ0) is 14.8. The van der Waals surface area contributed by atoms with Gasteiger partial charge in [0, 0.05) is 7.05 Å². The van der Waals surface area contributed by atoms with Crippen molar-refractivity contribution in [2.75, 3.05) is 17.7 Å². The molecule has 1 aromatic heterocycles. The highest BCUT2D eigenvalue weighted by atomic mass is 35.5. The maximum absolute atomic E-state index is 12.6. The van der Waals surface area contributed by atoms with Crippen molar-refractivity contribution in [1.82, 2.24) is 9.97 Å². The highest BCUT2D eigenvalue weighted by Gasteiger charge is 2.31. The Kier molecular flexibility index (Phi) is 3.99. The van der Waals surface area contributed by atoms with Crippen LogP contribution in [0, 0.1) is 0 Å². The summed E-state index contributed by atoms with van der Waals surface area (Å²) in [6.45, 7) is 0. The molecule has 0 amide bonds. The number of nitrogens with one attached hydrogen (secondary N) is 2. The Hall–Kier alpha value is -2.02. The fraction of sp³-hybridized carbons (Fsp3) is 0.167. The average molecular weight is 303 g/mol. The molecule has 106 valence electrons. The smallest absolute Gasteiger partial charge is 0.372 e. The molecule has 0 saturated heterocycles. The first-order valence-corrected chi connectivity index (χ1v) is 5.91. The summed E-state index contributed by atoms with van der Waals surface area (Å²) >= 11 is 5.88. The molecule has 8 heteroatoms. The molecule has 0 bridgehead atoms. The first-order valence-electron chi connectivity index (χ1n) is 5.53. The van der Waals surface area contributed by atoms with Gasteiger partial charge in [0.05, 0.1) is 28.7 Å². The van der Waals surface area contributed by atoms with Crippen LogP contribution in [0.5, 0.6) is 0 Å². The molecule has 0 saturated carbocycles. The van der Waals surface area contributed by atoms with E-state index < -0.39 is 11.7 Å². The highest BCUT2D eigenvalue weighted by Crippen LogP contribution is 2.34.